The van der Waals surface area contributed by atoms with E-state index in [9.17, 15) is 13.2 Å². The van der Waals surface area contributed by atoms with Gasteiger partial charge in [0.1, 0.15) is 10.9 Å². The van der Waals surface area contributed by atoms with Crippen LogP contribution in [0.15, 0.2) is 87.5 Å². The van der Waals surface area contributed by atoms with E-state index in [0.717, 1.165) is 31.9 Å². The summed E-state index contributed by atoms with van der Waals surface area (Å²) in [5.74, 6) is 2.55. The normalized spacial score (nSPS) is 11.4. The van der Waals surface area contributed by atoms with Gasteiger partial charge in [0, 0.05) is 0 Å². The highest BCUT2D eigenvalue weighted by Crippen LogP contribution is 2.43. The summed E-state index contributed by atoms with van der Waals surface area (Å²) in [4.78, 5) is 3.29. The Morgan fingerprint density at radius 2 is 0.909 bits per heavy atom. The minimum absolute atomic E-state index is 0.424. The van der Waals surface area contributed by atoms with E-state index in [1.165, 1.54) is 0 Å². The van der Waals surface area contributed by atoms with Crippen molar-refractivity contribution in [2.24, 2.45) is 0 Å². The van der Waals surface area contributed by atoms with Gasteiger partial charge < -0.3 is 18.8 Å². The first-order valence-electron chi connectivity index (χ1n) is 9.20. The lowest BCUT2D eigenvalue weighted by molar-refractivity contribution is -0.0517. The first-order valence-corrected chi connectivity index (χ1v) is 11.8. The van der Waals surface area contributed by atoms with Crippen LogP contribution < -0.4 is 14.2 Å². The average Bonchev–Trinajstić information content (AvgIpc) is 2.79. The molecule has 3 aromatic rings. The van der Waals surface area contributed by atoms with E-state index >= 15 is 0 Å². The van der Waals surface area contributed by atoms with Gasteiger partial charge in [-0.3, -0.25) is 0 Å². The lowest BCUT2D eigenvalue weighted by Crippen LogP contribution is -2.21. The van der Waals surface area contributed by atoms with Crippen molar-refractivity contribution in [3.8, 4) is 17.2 Å². The number of ether oxygens (including phenoxy) is 3. The molecule has 0 saturated carbocycles. The predicted octanol–water partition coefficient (Wildman–Crippen LogP) is 4.86. The third kappa shape index (κ3) is 6.56. The summed E-state index contributed by atoms with van der Waals surface area (Å²) in [6.07, 6.45) is 0. The molecule has 0 atom stereocenters. The quantitative estimate of drug-likeness (QED) is 0.272. The molecule has 0 bridgehead atoms. The number of para-hydroxylation sites is 3. The second-order valence-electron chi connectivity index (χ2n) is 6.16. The van der Waals surface area contributed by atoms with Crippen LogP contribution in [-0.4, -0.2) is 39.8 Å². The van der Waals surface area contributed by atoms with Crippen LogP contribution >= 0.6 is 0 Å². The lowest BCUT2D eigenvalue weighted by Gasteiger charge is -2.15. The third-order valence-electron chi connectivity index (χ3n) is 4.15. The van der Waals surface area contributed by atoms with Crippen LogP contribution in [0.4, 0.5) is 13.2 Å². The molecule has 0 heterocycles. The zero-order valence-electron chi connectivity index (χ0n) is 17.8. The monoisotopic (exact) mass is 502 g/mol. The van der Waals surface area contributed by atoms with E-state index in [1.54, 1.807) is 21.3 Å². The van der Waals surface area contributed by atoms with E-state index in [4.69, 9.17) is 27.2 Å². The van der Waals surface area contributed by atoms with Crippen molar-refractivity contribution in [2.75, 3.05) is 21.3 Å². The number of methoxy groups -OCH3 is 3. The lowest BCUT2D eigenvalue weighted by atomic mass is 10.3. The molecule has 0 aliphatic heterocycles. The zero-order chi connectivity index (χ0) is 24.6. The fourth-order valence-corrected chi connectivity index (χ4v) is 5.13. The minimum atomic E-state index is -6.09. The van der Waals surface area contributed by atoms with E-state index in [2.05, 4.69) is 18.2 Å². The Morgan fingerprint density at radius 3 is 1.12 bits per heavy atom. The van der Waals surface area contributed by atoms with Crippen LogP contribution in [0.2, 0.25) is 0 Å². The maximum Gasteiger partial charge on any atom is 0.485 e. The molecule has 0 N–H and O–H groups in total. The molecule has 0 aromatic heterocycles. The molecule has 0 aliphatic carbocycles. The third-order valence-corrected chi connectivity index (χ3v) is 7.05. The predicted molar refractivity (Wildman–Crippen MR) is 117 cm³/mol. The van der Waals surface area contributed by atoms with Crippen molar-refractivity contribution in [2.45, 2.75) is 20.2 Å². The summed E-state index contributed by atoms with van der Waals surface area (Å²) in [5, 5.41) is 0. The van der Waals surface area contributed by atoms with Crippen LogP contribution in [-0.2, 0) is 21.0 Å². The second kappa shape index (κ2) is 11.3. The second-order valence-corrected chi connectivity index (χ2v) is 9.46. The number of benzene rings is 3. The van der Waals surface area contributed by atoms with Crippen molar-refractivity contribution in [3.05, 3.63) is 72.8 Å². The summed E-state index contributed by atoms with van der Waals surface area (Å²) in [5.41, 5.74) is -5.65. The van der Waals surface area contributed by atoms with Crippen LogP contribution in [0.3, 0.4) is 0 Å². The van der Waals surface area contributed by atoms with Crippen molar-refractivity contribution in [1.29, 1.82) is 0 Å². The molecule has 3 aromatic carbocycles. The molecule has 178 valence electrons. The number of alkyl halides is 3. The van der Waals surface area contributed by atoms with Crippen LogP contribution in [0.1, 0.15) is 0 Å². The molecule has 3 rings (SSSR count). The van der Waals surface area contributed by atoms with Crippen molar-refractivity contribution in [3.63, 3.8) is 0 Å². The molecular formula is C22H21F3O6S2. The van der Waals surface area contributed by atoms with Gasteiger partial charge in [-0.05, 0) is 36.4 Å². The van der Waals surface area contributed by atoms with E-state index < -0.39 is 26.5 Å². The van der Waals surface area contributed by atoms with Gasteiger partial charge in [-0.1, -0.05) is 36.4 Å². The fraction of sp³-hybridized carbons (Fsp3) is 0.182. The van der Waals surface area contributed by atoms with Gasteiger partial charge in [-0.25, -0.2) is 8.42 Å². The first kappa shape index (κ1) is 26.4. The van der Waals surface area contributed by atoms with Gasteiger partial charge in [0.25, 0.3) is 0 Å². The van der Waals surface area contributed by atoms with Crippen molar-refractivity contribution >= 4 is 21.0 Å². The fourth-order valence-electron chi connectivity index (χ4n) is 2.72. The summed E-state index contributed by atoms with van der Waals surface area (Å²) < 4.78 is 75.8. The van der Waals surface area contributed by atoms with Gasteiger partial charge >= 0.3 is 5.51 Å². The van der Waals surface area contributed by atoms with E-state index in [-0.39, 0.29) is 0 Å². The highest BCUT2D eigenvalue weighted by molar-refractivity contribution is 7.97. The number of halogens is 3. The number of rotatable bonds is 6. The highest BCUT2D eigenvalue weighted by atomic mass is 32.2. The Labute approximate surface area is 193 Å². The van der Waals surface area contributed by atoms with Gasteiger partial charge in [0.15, 0.2) is 27.4 Å². The van der Waals surface area contributed by atoms with Crippen molar-refractivity contribution in [1.82, 2.24) is 0 Å². The molecule has 6 nitrogen and oxygen atoms in total. The Bertz CT molecular complexity index is 1050. The molecule has 0 spiro atoms. The largest absolute Gasteiger partial charge is 0.741 e. The maximum atomic E-state index is 10.7. The Balaban J connectivity index is 0.000000414. The van der Waals surface area contributed by atoms with Crippen LogP contribution in [0, 0.1) is 0 Å². The van der Waals surface area contributed by atoms with Crippen LogP contribution in [0.25, 0.3) is 0 Å². The topological polar surface area (TPSA) is 84.9 Å². The number of hydrogen-bond acceptors (Lipinski definition) is 6. The molecule has 0 aliphatic rings. The maximum absolute atomic E-state index is 10.7. The van der Waals surface area contributed by atoms with Gasteiger partial charge in [-0.2, -0.15) is 13.2 Å². The van der Waals surface area contributed by atoms with Crippen LogP contribution in [0.5, 0.6) is 17.2 Å². The van der Waals surface area contributed by atoms with E-state index in [0.29, 0.717) is 0 Å². The molecule has 0 saturated heterocycles. The summed E-state index contributed by atoms with van der Waals surface area (Å²) in [6, 6.07) is 24.3. The Hall–Kier alpha value is -2.89. The summed E-state index contributed by atoms with van der Waals surface area (Å²) in [7, 11) is -1.42. The highest BCUT2D eigenvalue weighted by Gasteiger charge is 2.37. The van der Waals surface area contributed by atoms with Gasteiger partial charge in [0.05, 0.1) is 21.3 Å². The first-order chi connectivity index (χ1) is 15.5. The standard InChI is InChI=1S/C21H21O3S.CHF3O3S/c1-22-16-10-4-7-13-19(16)25(20-14-8-5-11-17(20)23-2)21-15-9-6-12-18(21)24-3;2-1(3,4)8(5,6)7/h4-15H,1-3H3;(H,5,6,7)/q+1;/p-1. The van der Waals surface area contributed by atoms with Gasteiger partial charge in [0.2, 0.25) is 14.7 Å². The molecule has 33 heavy (non-hydrogen) atoms. The summed E-state index contributed by atoms with van der Waals surface area (Å²) >= 11 is 0. The molecule has 0 radical (unpaired) electrons. The SMILES string of the molecule is COc1ccccc1[S+](c1ccccc1OC)c1ccccc1OC.O=S(=O)([O-])C(F)(F)F. The molecule has 11 heteroatoms. The van der Waals surface area contributed by atoms with Crippen molar-refractivity contribution < 1.29 is 40.4 Å². The minimum Gasteiger partial charge on any atom is -0.741 e. The molecule has 0 amide bonds. The zero-order valence-corrected chi connectivity index (χ0v) is 19.5. The smallest absolute Gasteiger partial charge is 0.485 e. The van der Waals surface area contributed by atoms with E-state index in [1.807, 2.05) is 54.6 Å². The number of hydrogen-bond donors (Lipinski definition) is 0. The Morgan fingerprint density at radius 1 is 0.667 bits per heavy atom. The molecule has 0 unspecified atom stereocenters. The Kier molecular flexibility index (Phi) is 9.03. The molecule has 0 fully saturated rings. The average molecular weight is 503 g/mol. The van der Waals surface area contributed by atoms with Gasteiger partial charge in [-0.15, -0.1) is 0 Å². The summed E-state index contributed by atoms with van der Waals surface area (Å²) in [6.45, 7) is 0. The molecular weight excluding hydrogens is 481 g/mol.